The fraction of sp³-hybridized carbons (Fsp3) is 0.364. The third-order valence-corrected chi connectivity index (χ3v) is 3.23. The maximum Gasteiger partial charge on any atom is 0.417 e. The van der Waals surface area contributed by atoms with E-state index in [1.54, 1.807) is 6.07 Å². The summed E-state index contributed by atoms with van der Waals surface area (Å²) in [4.78, 5) is 16.1. The van der Waals surface area contributed by atoms with Crippen molar-refractivity contribution in [2.45, 2.75) is 0 Å². The average Bonchev–Trinajstić information content (AvgIpc) is 2.69. The smallest absolute Gasteiger partial charge is 0.406 e. The highest BCUT2D eigenvalue weighted by atomic mass is 35.5. The number of quaternary nitrogens is 1. The molecule has 5 nitrogen and oxygen atoms in total. The number of hydrogen-bond donors (Lipinski definition) is 2. The molecular formula is C11H13ClN3O2+. The number of fused-ring (bicyclic) bond motifs is 1. The van der Waals surface area contributed by atoms with Gasteiger partial charge in [0.25, 0.3) is 0 Å². The van der Waals surface area contributed by atoms with Gasteiger partial charge in [-0.15, -0.1) is 0 Å². The van der Waals surface area contributed by atoms with E-state index in [1.165, 1.54) is 0 Å². The Bertz CT molecular complexity index is 598. The van der Waals surface area contributed by atoms with Gasteiger partial charge in [0.15, 0.2) is 5.58 Å². The zero-order chi connectivity index (χ0) is 11.8. The van der Waals surface area contributed by atoms with Crippen molar-refractivity contribution in [2.75, 3.05) is 31.1 Å². The molecule has 0 radical (unpaired) electrons. The van der Waals surface area contributed by atoms with Crippen LogP contribution in [-0.2, 0) is 0 Å². The zero-order valence-corrected chi connectivity index (χ0v) is 9.96. The molecular weight excluding hydrogens is 242 g/mol. The SMILES string of the molecule is O=c1[nH]c2cc(Cl)cc(N3CC[NH2+]CC3)c2o1. The highest BCUT2D eigenvalue weighted by Crippen LogP contribution is 2.29. The number of oxazole rings is 1. The fourth-order valence-electron chi connectivity index (χ4n) is 2.23. The van der Waals surface area contributed by atoms with E-state index in [0.717, 1.165) is 31.9 Å². The van der Waals surface area contributed by atoms with Crippen LogP contribution in [0.2, 0.25) is 5.02 Å². The number of nitrogens with two attached hydrogens (primary N) is 1. The van der Waals surface area contributed by atoms with Gasteiger partial charge in [0.2, 0.25) is 0 Å². The Morgan fingerprint density at radius 2 is 2.12 bits per heavy atom. The molecule has 90 valence electrons. The number of rotatable bonds is 1. The first-order valence-corrected chi connectivity index (χ1v) is 6.01. The molecule has 0 bridgehead atoms. The first kappa shape index (κ1) is 10.7. The molecule has 0 spiro atoms. The third kappa shape index (κ3) is 1.92. The quantitative estimate of drug-likeness (QED) is 0.762. The third-order valence-electron chi connectivity index (χ3n) is 3.01. The Kier molecular flexibility index (Phi) is 2.57. The largest absolute Gasteiger partial charge is 0.417 e. The topological polar surface area (TPSA) is 65.8 Å². The summed E-state index contributed by atoms with van der Waals surface area (Å²) in [5.74, 6) is -0.438. The molecule has 3 rings (SSSR count). The van der Waals surface area contributed by atoms with Gasteiger partial charge >= 0.3 is 5.76 Å². The number of halogens is 1. The average molecular weight is 255 g/mol. The molecule has 1 saturated heterocycles. The lowest BCUT2D eigenvalue weighted by Crippen LogP contribution is -2.89. The fourth-order valence-corrected chi connectivity index (χ4v) is 2.45. The number of hydrogen-bond acceptors (Lipinski definition) is 3. The number of anilines is 1. The Morgan fingerprint density at radius 3 is 2.88 bits per heavy atom. The normalized spacial score (nSPS) is 16.6. The van der Waals surface area contributed by atoms with E-state index in [9.17, 15) is 4.79 Å². The van der Waals surface area contributed by atoms with Crippen LogP contribution in [0.3, 0.4) is 0 Å². The van der Waals surface area contributed by atoms with Crippen molar-refractivity contribution in [2.24, 2.45) is 0 Å². The summed E-state index contributed by atoms with van der Waals surface area (Å²) in [6.07, 6.45) is 0. The minimum atomic E-state index is -0.438. The summed E-state index contributed by atoms with van der Waals surface area (Å²) >= 11 is 6.05. The lowest BCUT2D eigenvalue weighted by Gasteiger charge is -2.27. The molecule has 1 aromatic heterocycles. The number of nitrogens with one attached hydrogen (secondary N) is 1. The van der Waals surface area contributed by atoms with E-state index in [4.69, 9.17) is 16.0 Å². The van der Waals surface area contributed by atoms with Crippen molar-refractivity contribution in [3.8, 4) is 0 Å². The molecule has 1 fully saturated rings. The minimum absolute atomic E-state index is 0.438. The molecule has 0 unspecified atom stereocenters. The molecule has 6 heteroatoms. The van der Waals surface area contributed by atoms with E-state index in [1.807, 2.05) is 6.07 Å². The van der Waals surface area contributed by atoms with Gasteiger partial charge in [-0.05, 0) is 12.1 Å². The lowest BCUT2D eigenvalue weighted by atomic mass is 10.2. The summed E-state index contributed by atoms with van der Waals surface area (Å²) in [5, 5.41) is 2.88. The van der Waals surface area contributed by atoms with Gasteiger partial charge in [0, 0.05) is 5.02 Å². The second-order valence-corrected chi connectivity index (χ2v) is 4.61. The molecule has 0 saturated carbocycles. The Balaban J connectivity index is 2.15. The summed E-state index contributed by atoms with van der Waals surface area (Å²) in [5.41, 5.74) is 2.16. The molecule has 0 atom stereocenters. The van der Waals surface area contributed by atoms with Crippen molar-refractivity contribution in [1.29, 1.82) is 0 Å². The number of aromatic nitrogens is 1. The van der Waals surface area contributed by atoms with Gasteiger partial charge in [0.1, 0.15) is 0 Å². The molecule has 17 heavy (non-hydrogen) atoms. The first-order valence-electron chi connectivity index (χ1n) is 5.63. The highest BCUT2D eigenvalue weighted by molar-refractivity contribution is 6.31. The van der Waals surface area contributed by atoms with E-state index < -0.39 is 5.76 Å². The van der Waals surface area contributed by atoms with Gasteiger partial charge in [-0.25, -0.2) is 4.79 Å². The molecule has 2 aromatic rings. The molecule has 1 aliphatic heterocycles. The van der Waals surface area contributed by atoms with Gasteiger partial charge < -0.3 is 14.6 Å². The predicted molar refractivity (Wildman–Crippen MR) is 65.7 cm³/mol. The summed E-state index contributed by atoms with van der Waals surface area (Å²) < 4.78 is 5.19. The molecule has 0 amide bonds. The Hall–Kier alpha value is -1.46. The van der Waals surface area contributed by atoms with Crippen LogP contribution in [0, 0.1) is 0 Å². The van der Waals surface area contributed by atoms with Crippen molar-refractivity contribution in [3.63, 3.8) is 0 Å². The first-order chi connectivity index (χ1) is 8.24. The lowest BCUT2D eigenvalue weighted by molar-refractivity contribution is -0.655. The highest BCUT2D eigenvalue weighted by Gasteiger charge is 2.18. The summed E-state index contributed by atoms with van der Waals surface area (Å²) in [7, 11) is 0. The molecule has 1 aromatic carbocycles. The second-order valence-electron chi connectivity index (χ2n) is 4.17. The van der Waals surface area contributed by atoms with E-state index >= 15 is 0 Å². The van der Waals surface area contributed by atoms with E-state index in [0.29, 0.717) is 16.1 Å². The van der Waals surface area contributed by atoms with Crippen molar-refractivity contribution in [1.82, 2.24) is 4.98 Å². The standard InChI is InChI=1S/C11H12ClN3O2/c12-7-5-8-10(17-11(16)14-8)9(6-7)15-3-1-13-2-4-15/h5-6,13H,1-4H2,(H,14,16)/p+1. The second kappa shape index (κ2) is 4.09. The van der Waals surface area contributed by atoms with Crippen LogP contribution in [-0.4, -0.2) is 31.2 Å². The van der Waals surface area contributed by atoms with Crippen LogP contribution < -0.4 is 16.0 Å². The number of nitrogens with zero attached hydrogens (tertiary/aromatic N) is 1. The van der Waals surface area contributed by atoms with Crippen LogP contribution in [0.15, 0.2) is 21.3 Å². The van der Waals surface area contributed by atoms with Crippen LogP contribution in [0.4, 0.5) is 5.69 Å². The van der Waals surface area contributed by atoms with Crippen LogP contribution in [0.25, 0.3) is 11.1 Å². The van der Waals surface area contributed by atoms with Gasteiger partial charge in [-0.2, -0.15) is 0 Å². The maximum absolute atomic E-state index is 11.2. The van der Waals surface area contributed by atoms with Crippen LogP contribution in [0.5, 0.6) is 0 Å². The van der Waals surface area contributed by atoms with Crippen molar-refractivity contribution in [3.05, 3.63) is 27.7 Å². The molecule has 1 aliphatic rings. The summed E-state index contributed by atoms with van der Waals surface area (Å²) in [6, 6.07) is 3.56. The van der Waals surface area contributed by atoms with E-state index in [-0.39, 0.29) is 0 Å². The van der Waals surface area contributed by atoms with Crippen molar-refractivity contribution < 1.29 is 9.73 Å². The van der Waals surface area contributed by atoms with Gasteiger partial charge in [-0.1, -0.05) is 11.6 Å². The summed E-state index contributed by atoms with van der Waals surface area (Å²) in [6.45, 7) is 3.96. The number of H-pyrrole nitrogens is 1. The zero-order valence-electron chi connectivity index (χ0n) is 9.20. The minimum Gasteiger partial charge on any atom is -0.406 e. The van der Waals surface area contributed by atoms with Gasteiger partial charge in [-0.3, -0.25) is 4.98 Å². The van der Waals surface area contributed by atoms with Crippen LogP contribution >= 0.6 is 11.6 Å². The molecule has 3 N–H and O–H groups in total. The number of aromatic amines is 1. The van der Waals surface area contributed by atoms with Gasteiger partial charge in [0.05, 0.1) is 37.4 Å². The monoisotopic (exact) mass is 254 g/mol. The molecule has 0 aliphatic carbocycles. The number of piperazine rings is 1. The van der Waals surface area contributed by atoms with E-state index in [2.05, 4.69) is 15.2 Å². The van der Waals surface area contributed by atoms with Crippen molar-refractivity contribution >= 4 is 28.4 Å². The molecule has 2 heterocycles. The Labute approximate surface area is 102 Å². The predicted octanol–water partition coefficient (Wildman–Crippen LogP) is 0.158. The maximum atomic E-state index is 11.2. The Morgan fingerprint density at radius 1 is 1.35 bits per heavy atom. The van der Waals surface area contributed by atoms with Crippen LogP contribution in [0.1, 0.15) is 0 Å². The number of benzene rings is 1.